The molecule has 0 atom stereocenters. The molecule has 6 nitrogen and oxygen atoms in total. The van der Waals surface area contributed by atoms with Crippen molar-refractivity contribution in [2.75, 3.05) is 31.1 Å². The number of imidazole rings is 1. The molecule has 0 bridgehead atoms. The van der Waals surface area contributed by atoms with Crippen molar-refractivity contribution in [2.24, 2.45) is 0 Å². The summed E-state index contributed by atoms with van der Waals surface area (Å²) in [6.07, 6.45) is 7.91. The van der Waals surface area contributed by atoms with Gasteiger partial charge in [0.05, 0.1) is 18.1 Å². The lowest BCUT2D eigenvalue weighted by molar-refractivity contribution is 0.247. The highest BCUT2D eigenvalue weighted by Crippen LogP contribution is 2.23. The highest BCUT2D eigenvalue weighted by Gasteiger charge is 2.19. The van der Waals surface area contributed by atoms with Gasteiger partial charge in [0.1, 0.15) is 16.5 Å². The normalized spacial score (nSPS) is 15.0. The summed E-state index contributed by atoms with van der Waals surface area (Å²) in [5, 5.41) is 0.975. The van der Waals surface area contributed by atoms with E-state index in [1.807, 2.05) is 42.9 Å². The Morgan fingerprint density at radius 3 is 2.53 bits per heavy atom. The smallest absolute Gasteiger partial charge is 0.148 e. The van der Waals surface area contributed by atoms with Crippen LogP contribution in [0.25, 0.3) is 5.65 Å². The van der Waals surface area contributed by atoms with E-state index in [1.54, 1.807) is 11.8 Å². The monoisotopic (exact) mass is 416 g/mol. The van der Waals surface area contributed by atoms with Crippen LogP contribution in [0, 0.1) is 0 Å². The molecule has 4 aromatic rings. The lowest BCUT2D eigenvalue weighted by atomic mass is 10.2. The molecule has 30 heavy (non-hydrogen) atoms. The summed E-state index contributed by atoms with van der Waals surface area (Å²) in [7, 11) is 0. The minimum absolute atomic E-state index is 0.883. The van der Waals surface area contributed by atoms with Gasteiger partial charge in [0.15, 0.2) is 0 Å². The fraction of sp³-hybridized carbons (Fsp3) is 0.261. The summed E-state index contributed by atoms with van der Waals surface area (Å²) in [4.78, 5) is 18.8. The van der Waals surface area contributed by atoms with Gasteiger partial charge >= 0.3 is 0 Å². The number of hydrogen-bond acceptors (Lipinski definition) is 6. The minimum atomic E-state index is 0.883. The molecule has 1 aliphatic rings. The molecule has 1 saturated heterocycles. The Kier molecular flexibility index (Phi) is 5.63. The van der Waals surface area contributed by atoms with Gasteiger partial charge in [-0.25, -0.2) is 9.97 Å². The summed E-state index contributed by atoms with van der Waals surface area (Å²) in [5.41, 5.74) is 3.43. The van der Waals surface area contributed by atoms with E-state index in [0.29, 0.717) is 0 Å². The average molecular weight is 417 g/mol. The Hall–Kier alpha value is -2.90. The third kappa shape index (κ3) is 4.47. The van der Waals surface area contributed by atoms with E-state index in [4.69, 9.17) is 9.97 Å². The Balaban J connectivity index is 1.17. The van der Waals surface area contributed by atoms with Crippen molar-refractivity contribution in [1.82, 2.24) is 24.3 Å². The maximum Gasteiger partial charge on any atom is 0.148 e. The number of hydrogen-bond donors (Lipinski definition) is 0. The molecule has 7 heteroatoms. The molecular weight excluding hydrogens is 392 g/mol. The number of nitrogens with zero attached hydrogens (tertiary/aromatic N) is 6. The van der Waals surface area contributed by atoms with Crippen molar-refractivity contribution in [3.8, 4) is 0 Å². The van der Waals surface area contributed by atoms with Gasteiger partial charge in [0.25, 0.3) is 0 Å². The van der Waals surface area contributed by atoms with E-state index in [-0.39, 0.29) is 0 Å². The maximum atomic E-state index is 4.84. The lowest BCUT2D eigenvalue weighted by Crippen LogP contribution is -2.46. The predicted octanol–water partition coefficient (Wildman–Crippen LogP) is 3.74. The second-order valence-electron chi connectivity index (χ2n) is 7.45. The van der Waals surface area contributed by atoms with Crippen LogP contribution >= 0.6 is 11.8 Å². The Bertz CT molecular complexity index is 1070. The van der Waals surface area contributed by atoms with Crippen LogP contribution < -0.4 is 4.90 Å². The Morgan fingerprint density at radius 2 is 1.70 bits per heavy atom. The zero-order chi connectivity index (χ0) is 20.2. The van der Waals surface area contributed by atoms with E-state index in [9.17, 15) is 0 Å². The molecule has 0 radical (unpaired) electrons. The van der Waals surface area contributed by atoms with Crippen LogP contribution in [0.1, 0.15) is 11.3 Å². The number of rotatable bonds is 6. The molecule has 152 valence electrons. The van der Waals surface area contributed by atoms with Gasteiger partial charge in [0.2, 0.25) is 0 Å². The first-order valence-electron chi connectivity index (χ1n) is 10.2. The van der Waals surface area contributed by atoms with Gasteiger partial charge in [-0.05, 0) is 17.7 Å². The van der Waals surface area contributed by atoms with Crippen LogP contribution in [0.15, 0.2) is 78.3 Å². The zero-order valence-electron chi connectivity index (χ0n) is 16.8. The van der Waals surface area contributed by atoms with Crippen molar-refractivity contribution in [2.45, 2.75) is 17.3 Å². The molecule has 5 rings (SSSR count). The molecule has 0 aliphatic carbocycles. The van der Waals surface area contributed by atoms with E-state index in [2.05, 4.69) is 49.6 Å². The predicted molar refractivity (Wildman–Crippen MR) is 121 cm³/mol. The molecule has 1 aromatic carbocycles. The van der Waals surface area contributed by atoms with Crippen molar-refractivity contribution in [3.05, 3.63) is 84.6 Å². The van der Waals surface area contributed by atoms with Gasteiger partial charge in [-0.2, -0.15) is 0 Å². The summed E-state index contributed by atoms with van der Waals surface area (Å²) in [6.45, 7) is 4.78. The van der Waals surface area contributed by atoms with Crippen molar-refractivity contribution >= 4 is 23.2 Å². The SMILES string of the molecule is c1ccc(CSc2cncc(N3CCN(Cc4cn5ccccc5n4)CC3)n2)cc1. The van der Waals surface area contributed by atoms with Gasteiger partial charge in [-0.3, -0.25) is 9.88 Å². The topological polar surface area (TPSA) is 49.6 Å². The first-order chi connectivity index (χ1) is 14.8. The maximum absolute atomic E-state index is 4.84. The molecule has 0 spiro atoms. The first-order valence-corrected chi connectivity index (χ1v) is 11.2. The van der Waals surface area contributed by atoms with E-state index >= 15 is 0 Å². The number of aromatic nitrogens is 4. The number of pyridine rings is 1. The van der Waals surface area contributed by atoms with Crippen LogP contribution in [-0.4, -0.2) is 50.4 Å². The summed E-state index contributed by atoms with van der Waals surface area (Å²) in [5.74, 6) is 1.88. The zero-order valence-corrected chi connectivity index (χ0v) is 17.6. The van der Waals surface area contributed by atoms with Crippen LogP contribution in [0.5, 0.6) is 0 Å². The van der Waals surface area contributed by atoms with E-state index in [0.717, 1.165) is 60.7 Å². The quantitative estimate of drug-likeness (QED) is 0.446. The second-order valence-corrected chi connectivity index (χ2v) is 8.45. The number of anilines is 1. The summed E-state index contributed by atoms with van der Waals surface area (Å²) >= 11 is 1.73. The molecule has 3 aromatic heterocycles. The highest BCUT2D eigenvalue weighted by atomic mass is 32.2. The van der Waals surface area contributed by atoms with Gasteiger partial charge in [-0.1, -0.05) is 36.4 Å². The average Bonchev–Trinajstić information content (AvgIpc) is 3.21. The van der Waals surface area contributed by atoms with Crippen LogP contribution in [0.2, 0.25) is 0 Å². The Morgan fingerprint density at radius 1 is 0.867 bits per heavy atom. The standard InChI is InChI=1S/C23H24N6S/c1-2-6-19(7-3-1)18-30-23-15-24-14-22(26-23)28-12-10-27(11-13-28)16-20-17-29-9-5-4-8-21(29)25-20/h1-9,14-15,17H,10-13,16,18H2. The fourth-order valence-corrected chi connectivity index (χ4v) is 4.52. The number of thioether (sulfide) groups is 1. The summed E-state index contributed by atoms with van der Waals surface area (Å²) < 4.78 is 2.08. The molecular formula is C23H24N6S. The van der Waals surface area contributed by atoms with Gasteiger partial charge < -0.3 is 9.30 Å². The van der Waals surface area contributed by atoms with Crippen molar-refractivity contribution < 1.29 is 0 Å². The molecule has 0 amide bonds. The molecule has 0 unspecified atom stereocenters. The third-order valence-corrected chi connectivity index (χ3v) is 6.30. The number of benzene rings is 1. The molecule has 0 N–H and O–H groups in total. The van der Waals surface area contributed by atoms with E-state index < -0.39 is 0 Å². The first kappa shape index (κ1) is 19.1. The van der Waals surface area contributed by atoms with Crippen molar-refractivity contribution in [1.29, 1.82) is 0 Å². The van der Waals surface area contributed by atoms with Crippen molar-refractivity contribution in [3.63, 3.8) is 0 Å². The fourth-order valence-electron chi connectivity index (χ4n) is 3.72. The minimum Gasteiger partial charge on any atom is -0.353 e. The number of fused-ring (bicyclic) bond motifs is 1. The van der Waals surface area contributed by atoms with Crippen LogP contribution in [-0.2, 0) is 12.3 Å². The highest BCUT2D eigenvalue weighted by molar-refractivity contribution is 7.98. The Labute approximate surface area is 180 Å². The van der Waals surface area contributed by atoms with E-state index in [1.165, 1.54) is 5.56 Å². The molecule has 4 heterocycles. The summed E-state index contributed by atoms with van der Waals surface area (Å²) in [6, 6.07) is 16.6. The second kappa shape index (κ2) is 8.85. The molecule has 0 saturated carbocycles. The largest absolute Gasteiger partial charge is 0.353 e. The number of piperazine rings is 1. The third-order valence-electron chi connectivity index (χ3n) is 5.33. The molecule has 1 fully saturated rings. The van der Waals surface area contributed by atoms with Crippen LogP contribution in [0.4, 0.5) is 5.82 Å². The molecule has 1 aliphatic heterocycles. The lowest BCUT2D eigenvalue weighted by Gasteiger charge is -2.34. The van der Waals surface area contributed by atoms with Crippen LogP contribution in [0.3, 0.4) is 0 Å². The van der Waals surface area contributed by atoms with Gasteiger partial charge in [0, 0.05) is 50.9 Å². The van der Waals surface area contributed by atoms with Gasteiger partial charge in [-0.15, -0.1) is 11.8 Å².